The zero-order valence-electron chi connectivity index (χ0n) is 10.3. The van der Waals surface area contributed by atoms with Crippen molar-refractivity contribution in [2.75, 3.05) is 19.8 Å². The molecule has 0 radical (unpaired) electrons. The minimum absolute atomic E-state index is 0.0352. The Morgan fingerprint density at radius 2 is 2.25 bits per heavy atom. The summed E-state index contributed by atoms with van der Waals surface area (Å²) in [7, 11) is 0. The maximum Gasteiger partial charge on any atom is 0.433 e. The van der Waals surface area contributed by atoms with Gasteiger partial charge in [0.2, 0.25) is 5.88 Å². The fourth-order valence-electron chi connectivity index (χ4n) is 1.78. The Labute approximate surface area is 112 Å². The second-order valence-electron chi connectivity index (χ2n) is 4.39. The average Bonchev–Trinajstić information content (AvgIpc) is 2.87. The van der Waals surface area contributed by atoms with Crippen molar-refractivity contribution in [2.45, 2.75) is 12.6 Å². The summed E-state index contributed by atoms with van der Waals surface area (Å²) in [6.07, 6.45) is -3.92. The molecule has 5 nitrogen and oxygen atoms in total. The van der Waals surface area contributed by atoms with Gasteiger partial charge in [-0.2, -0.15) is 13.2 Å². The number of carbonyl (C=O) groups is 1. The molecule has 0 saturated carbocycles. The van der Waals surface area contributed by atoms with E-state index in [1.807, 2.05) is 0 Å². The van der Waals surface area contributed by atoms with Gasteiger partial charge in [0, 0.05) is 12.5 Å². The molecule has 0 aromatic carbocycles. The summed E-state index contributed by atoms with van der Waals surface area (Å²) < 4.78 is 47.9. The summed E-state index contributed by atoms with van der Waals surface area (Å²) in [6.45, 7) is 1.09. The molecule has 1 aliphatic heterocycles. The lowest BCUT2D eigenvalue weighted by atomic mass is 10.1. The van der Waals surface area contributed by atoms with Gasteiger partial charge >= 0.3 is 12.1 Å². The van der Waals surface area contributed by atoms with Gasteiger partial charge in [-0.1, -0.05) is 0 Å². The van der Waals surface area contributed by atoms with Crippen molar-refractivity contribution >= 4 is 5.97 Å². The van der Waals surface area contributed by atoms with E-state index in [0.717, 1.165) is 12.5 Å². The molecule has 0 amide bonds. The molecular weight excluding hydrogens is 279 g/mol. The molecule has 0 bridgehead atoms. The maximum absolute atomic E-state index is 12.6. The third-order valence-corrected chi connectivity index (χ3v) is 2.86. The predicted molar refractivity (Wildman–Crippen MR) is 60.6 cm³/mol. The van der Waals surface area contributed by atoms with Crippen LogP contribution in [0.3, 0.4) is 0 Å². The monoisotopic (exact) mass is 291 g/mol. The van der Waals surface area contributed by atoms with Crippen LogP contribution in [0.2, 0.25) is 0 Å². The van der Waals surface area contributed by atoms with Crippen LogP contribution in [0.1, 0.15) is 22.5 Å². The zero-order chi connectivity index (χ0) is 14.8. The van der Waals surface area contributed by atoms with E-state index < -0.39 is 29.3 Å². The highest BCUT2D eigenvalue weighted by Gasteiger charge is 2.34. The summed E-state index contributed by atoms with van der Waals surface area (Å²) in [5, 5.41) is 8.93. The molecule has 2 heterocycles. The van der Waals surface area contributed by atoms with E-state index in [2.05, 4.69) is 4.98 Å². The lowest BCUT2D eigenvalue weighted by molar-refractivity contribution is -0.141. The third kappa shape index (κ3) is 3.38. The second kappa shape index (κ2) is 5.66. The summed E-state index contributed by atoms with van der Waals surface area (Å²) >= 11 is 0. The first kappa shape index (κ1) is 14.6. The normalized spacial score (nSPS) is 19.1. The number of carboxylic acid groups (broad SMARTS) is 1. The van der Waals surface area contributed by atoms with E-state index in [1.54, 1.807) is 0 Å². The third-order valence-electron chi connectivity index (χ3n) is 2.86. The molecule has 1 N–H and O–H groups in total. The SMILES string of the molecule is O=C(O)c1ccc(C(F)(F)F)nc1OCC1CCOC1. The number of aromatic carboxylic acids is 1. The molecule has 110 valence electrons. The molecule has 1 unspecified atom stereocenters. The van der Waals surface area contributed by atoms with Crippen LogP contribution < -0.4 is 4.74 Å². The van der Waals surface area contributed by atoms with Crippen LogP contribution in [0.4, 0.5) is 13.2 Å². The molecule has 1 aromatic heterocycles. The fraction of sp³-hybridized carbons (Fsp3) is 0.500. The lowest BCUT2D eigenvalue weighted by Gasteiger charge is -2.13. The van der Waals surface area contributed by atoms with Gasteiger partial charge in [0.05, 0.1) is 13.2 Å². The molecule has 1 atom stereocenters. The number of aromatic nitrogens is 1. The summed E-state index contributed by atoms with van der Waals surface area (Å²) in [5.74, 6) is -1.86. The Hall–Kier alpha value is -1.83. The van der Waals surface area contributed by atoms with E-state index in [0.29, 0.717) is 19.3 Å². The minimum atomic E-state index is -4.65. The molecule has 1 aromatic rings. The van der Waals surface area contributed by atoms with Gasteiger partial charge in [0.25, 0.3) is 0 Å². The topological polar surface area (TPSA) is 68.7 Å². The van der Waals surface area contributed by atoms with Crippen molar-refractivity contribution < 1.29 is 32.5 Å². The highest BCUT2D eigenvalue weighted by molar-refractivity contribution is 5.90. The number of ether oxygens (including phenoxy) is 2. The van der Waals surface area contributed by atoms with Gasteiger partial charge in [-0.3, -0.25) is 0 Å². The number of nitrogens with zero attached hydrogens (tertiary/aromatic N) is 1. The summed E-state index contributed by atoms with van der Waals surface area (Å²) in [5.41, 5.74) is -1.57. The van der Waals surface area contributed by atoms with E-state index in [-0.39, 0.29) is 12.5 Å². The van der Waals surface area contributed by atoms with E-state index in [4.69, 9.17) is 14.6 Å². The molecule has 20 heavy (non-hydrogen) atoms. The first-order valence-electron chi connectivity index (χ1n) is 5.90. The van der Waals surface area contributed by atoms with Gasteiger partial charge in [0.1, 0.15) is 11.3 Å². The number of alkyl halides is 3. The molecule has 2 rings (SSSR count). The van der Waals surface area contributed by atoms with Crippen molar-refractivity contribution in [3.8, 4) is 5.88 Å². The van der Waals surface area contributed by atoms with Crippen LogP contribution in [0.25, 0.3) is 0 Å². The first-order chi connectivity index (χ1) is 9.38. The van der Waals surface area contributed by atoms with E-state index in [1.165, 1.54) is 0 Å². The van der Waals surface area contributed by atoms with Crippen molar-refractivity contribution in [1.29, 1.82) is 0 Å². The number of carboxylic acids is 1. The standard InChI is InChI=1S/C12H12F3NO4/c13-12(14,15)9-2-1-8(11(17)18)10(16-9)20-6-7-3-4-19-5-7/h1-2,7H,3-6H2,(H,17,18). The van der Waals surface area contributed by atoms with Crippen LogP contribution in [0, 0.1) is 5.92 Å². The minimum Gasteiger partial charge on any atom is -0.477 e. The Balaban J connectivity index is 2.20. The number of hydrogen-bond donors (Lipinski definition) is 1. The van der Waals surface area contributed by atoms with Gasteiger partial charge in [-0.05, 0) is 18.6 Å². The summed E-state index contributed by atoms with van der Waals surface area (Å²) in [4.78, 5) is 14.2. The lowest BCUT2D eigenvalue weighted by Crippen LogP contribution is -2.16. The fourth-order valence-corrected chi connectivity index (χ4v) is 1.78. The number of halogens is 3. The quantitative estimate of drug-likeness (QED) is 0.921. The van der Waals surface area contributed by atoms with Crippen LogP contribution in [0.5, 0.6) is 5.88 Å². The van der Waals surface area contributed by atoms with Gasteiger partial charge in [0.15, 0.2) is 0 Å². The Morgan fingerprint density at radius 1 is 1.50 bits per heavy atom. The van der Waals surface area contributed by atoms with Crippen molar-refractivity contribution in [3.05, 3.63) is 23.4 Å². The van der Waals surface area contributed by atoms with Gasteiger partial charge < -0.3 is 14.6 Å². The first-order valence-corrected chi connectivity index (χ1v) is 5.90. The van der Waals surface area contributed by atoms with Gasteiger partial charge in [-0.15, -0.1) is 0 Å². The van der Waals surface area contributed by atoms with Crippen LogP contribution in [0.15, 0.2) is 12.1 Å². The van der Waals surface area contributed by atoms with E-state index >= 15 is 0 Å². The number of hydrogen-bond acceptors (Lipinski definition) is 4. The van der Waals surface area contributed by atoms with Crippen molar-refractivity contribution in [3.63, 3.8) is 0 Å². The Morgan fingerprint density at radius 3 is 2.80 bits per heavy atom. The average molecular weight is 291 g/mol. The molecule has 0 spiro atoms. The molecule has 1 saturated heterocycles. The zero-order valence-corrected chi connectivity index (χ0v) is 10.3. The van der Waals surface area contributed by atoms with Crippen LogP contribution in [-0.2, 0) is 10.9 Å². The van der Waals surface area contributed by atoms with Crippen molar-refractivity contribution in [2.24, 2.45) is 5.92 Å². The maximum atomic E-state index is 12.6. The second-order valence-corrected chi connectivity index (χ2v) is 4.39. The van der Waals surface area contributed by atoms with Crippen LogP contribution in [-0.4, -0.2) is 35.9 Å². The van der Waals surface area contributed by atoms with Crippen molar-refractivity contribution in [1.82, 2.24) is 4.98 Å². The molecule has 0 aliphatic carbocycles. The Bertz CT molecular complexity index is 498. The molecule has 1 aliphatic rings. The highest BCUT2D eigenvalue weighted by Crippen LogP contribution is 2.30. The van der Waals surface area contributed by atoms with E-state index in [9.17, 15) is 18.0 Å². The highest BCUT2D eigenvalue weighted by atomic mass is 19.4. The smallest absolute Gasteiger partial charge is 0.433 e. The van der Waals surface area contributed by atoms with Gasteiger partial charge in [-0.25, -0.2) is 9.78 Å². The Kier molecular flexibility index (Phi) is 4.12. The molecule has 1 fully saturated rings. The van der Waals surface area contributed by atoms with Crippen LogP contribution >= 0.6 is 0 Å². The largest absolute Gasteiger partial charge is 0.477 e. The molecule has 8 heteroatoms. The molecular formula is C12H12F3NO4. The number of rotatable bonds is 4. The number of pyridine rings is 1. The summed E-state index contributed by atoms with van der Waals surface area (Å²) in [6, 6.07) is 1.47. The predicted octanol–water partition coefficient (Wildman–Crippen LogP) is 2.21.